The minimum absolute atomic E-state index is 0.0393. The number of likely N-dealkylation sites (tertiary alicyclic amines) is 1. The zero-order valence-electron chi connectivity index (χ0n) is 15.6. The van der Waals surface area contributed by atoms with Crippen LogP contribution in [0.2, 0.25) is 0 Å². The third-order valence-electron chi connectivity index (χ3n) is 3.97. The molecule has 0 aromatic heterocycles. The predicted octanol–water partition coefficient (Wildman–Crippen LogP) is 3.43. The molecule has 1 aromatic rings. The molecular formula is C19H27FN2O3S. The second-order valence-corrected chi connectivity index (χ2v) is 8.45. The lowest BCUT2D eigenvalue weighted by molar-refractivity contribution is -0.124. The molecule has 1 unspecified atom stereocenters. The van der Waals surface area contributed by atoms with E-state index in [2.05, 4.69) is 5.32 Å². The zero-order chi connectivity index (χ0) is 19.2. The molecule has 1 aromatic carbocycles. The average Bonchev–Trinajstić information content (AvgIpc) is 3.05. The summed E-state index contributed by atoms with van der Waals surface area (Å²) in [5.41, 5.74) is 0.139. The molecule has 0 spiro atoms. The number of carbonyl (C=O) groups is 2. The van der Waals surface area contributed by atoms with Gasteiger partial charge in [0.15, 0.2) is 0 Å². The first kappa shape index (κ1) is 20.6. The Hall–Kier alpha value is -1.76. The Kier molecular flexibility index (Phi) is 7.32. The molecule has 1 heterocycles. The summed E-state index contributed by atoms with van der Waals surface area (Å²) in [7, 11) is 0. The van der Waals surface area contributed by atoms with Crippen LogP contribution in [0.25, 0.3) is 0 Å². The summed E-state index contributed by atoms with van der Waals surface area (Å²) < 4.78 is 18.8. The lowest BCUT2D eigenvalue weighted by atomic mass is 10.1. The van der Waals surface area contributed by atoms with Gasteiger partial charge >= 0.3 is 6.09 Å². The monoisotopic (exact) mass is 382 g/mol. The quantitative estimate of drug-likeness (QED) is 0.766. The molecule has 0 saturated carbocycles. The maximum Gasteiger partial charge on any atom is 0.410 e. The summed E-state index contributed by atoms with van der Waals surface area (Å²) in [4.78, 5) is 25.8. The molecule has 1 atom stereocenters. The standard InChI is InChI=1S/C19H27FN2O3S/c1-19(2,3)25-18(24)22-10-8-14(12-22)17(23)21-9-11-26-13-15-6-4-5-7-16(15)20/h4-7,14H,8-13H2,1-3H3,(H,21,23). The summed E-state index contributed by atoms with van der Waals surface area (Å²) in [6.07, 6.45) is 0.279. The van der Waals surface area contributed by atoms with Gasteiger partial charge in [0.2, 0.25) is 5.91 Å². The first-order valence-corrected chi connectivity index (χ1v) is 9.98. The summed E-state index contributed by atoms with van der Waals surface area (Å²) in [6, 6.07) is 6.71. The van der Waals surface area contributed by atoms with E-state index >= 15 is 0 Å². The molecule has 1 saturated heterocycles. The van der Waals surface area contributed by atoms with Crippen molar-refractivity contribution in [1.82, 2.24) is 10.2 Å². The van der Waals surface area contributed by atoms with Gasteiger partial charge in [0.25, 0.3) is 0 Å². The van der Waals surface area contributed by atoms with Gasteiger partial charge in [0, 0.05) is 31.1 Å². The molecule has 26 heavy (non-hydrogen) atoms. The Balaban J connectivity index is 1.64. The van der Waals surface area contributed by atoms with Crippen LogP contribution in [0.5, 0.6) is 0 Å². The number of carbonyl (C=O) groups excluding carboxylic acids is 2. The highest BCUT2D eigenvalue weighted by molar-refractivity contribution is 7.98. The first-order valence-electron chi connectivity index (χ1n) is 8.83. The molecule has 1 aliphatic rings. The first-order chi connectivity index (χ1) is 12.3. The molecule has 7 heteroatoms. The molecule has 144 valence electrons. The van der Waals surface area contributed by atoms with Crippen molar-refractivity contribution in [2.75, 3.05) is 25.4 Å². The normalized spacial score (nSPS) is 17.2. The van der Waals surface area contributed by atoms with E-state index < -0.39 is 5.60 Å². The van der Waals surface area contributed by atoms with Crippen molar-refractivity contribution in [2.24, 2.45) is 5.92 Å². The van der Waals surface area contributed by atoms with E-state index in [9.17, 15) is 14.0 Å². The van der Waals surface area contributed by atoms with Gasteiger partial charge in [-0.25, -0.2) is 9.18 Å². The van der Waals surface area contributed by atoms with Gasteiger partial charge in [-0.15, -0.1) is 0 Å². The highest BCUT2D eigenvalue weighted by atomic mass is 32.2. The van der Waals surface area contributed by atoms with Gasteiger partial charge in [0.05, 0.1) is 5.92 Å². The lowest BCUT2D eigenvalue weighted by Gasteiger charge is -2.24. The summed E-state index contributed by atoms with van der Waals surface area (Å²) >= 11 is 1.58. The number of nitrogens with zero attached hydrogens (tertiary/aromatic N) is 1. The van der Waals surface area contributed by atoms with Crippen LogP contribution in [-0.4, -0.2) is 47.9 Å². The van der Waals surface area contributed by atoms with E-state index in [1.165, 1.54) is 6.07 Å². The van der Waals surface area contributed by atoms with Crippen LogP contribution >= 0.6 is 11.8 Å². The molecule has 2 rings (SSSR count). The van der Waals surface area contributed by atoms with E-state index in [-0.39, 0.29) is 23.7 Å². The van der Waals surface area contributed by atoms with Gasteiger partial charge in [0.1, 0.15) is 11.4 Å². The maximum absolute atomic E-state index is 13.5. The van der Waals surface area contributed by atoms with Crippen molar-refractivity contribution in [3.8, 4) is 0 Å². The minimum atomic E-state index is -0.535. The molecule has 2 amide bonds. The van der Waals surface area contributed by atoms with Crippen LogP contribution in [-0.2, 0) is 15.3 Å². The predicted molar refractivity (Wildman–Crippen MR) is 101 cm³/mol. The Morgan fingerprint density at radius 1 is 1.35 bits per heavy atom. The molecule has 5 nitrogen and oxygen atoms in total. The fraction of sp³-hybridized carbons (Fsp3) is 0.579. The largest absolute Gasteiger partial charge is 0.444 e. The van der Waals surface area contributed by atoms with Crippen molar-refractivity contribution in [1.29, 1.82) is 0 Å². The van der Waals surface area contributed by atoms with Crippen molar-refractivity contribution in [3.05, 3.63) is 35.6 Å². The molecule has 0 aliphatic carbocycles. The Labute approximate surface area is 158 Å². The maximum atomic E-state index is 13.5. The summed E-state index contributed by atoms with van der Waals surface area (Å²) in [6.45, 7) is 6.93. The molecule has 1 fully saturated rings. The third-order valence-corrected chi connectivity index (χ3v) is 4.98. The van der Waals surface area contributed by atoms with Gasteiger partial charge in [-0.1, -0.05) is 18.2 Å². The zero-order valence-corrected chi connectivity index (χ0v) is 16.4. The number of hydrogen-bond donors (Lipinski definition) is 1. The van der Waals surface area contributed by atoms with Gasteiger partial charge in [-0.2, -0.15) is 11.8 Å². The molecule has 1 aliphatic heterocycles. The van der Waals surface area contributed by atoms with Gasteiger partial charge in [-0.3, -0.25) is 4.79 Å². The Morgan fingerprint density at radius 2 is 2.08 bits per heavy atom. The SMILES string of the molecule is CC(C)(C)OC(=O)N1CCC(C(=O)NCCSCc2ccccc2F)C1. The van der Waals surface area contributed by atoms with Crippen LogP contribution in [0.1, 0.15) is 32.8 Å². The van der Waals surface area contributed by atoms with Crippen LogP contribution in [0.15, 0.2) is 24.3 Å². The fourth-order valence-corrected chi connectivity index (χ4v) is 3.50. The molecule has 0 bridgehead atoms. The number of amides is 2. The van der Waals surface area contributed by atoms with E-state index in [1.807, 2.05) is 26.8 Å². The summed E-state index contributed by atoms with van der Waals surface area (Å²) in [5, 5.41) is 2.90. The average molecular weight is 383 g/mol. The number of rotatable bonds is 6. The number of ether oxygens (including phenoxy) is 1. The van der Waals surface area contributed by atoms with Crippen molar-refractivity contribution >= 4 is 23.8 Å². The van der Waals surface area contributed by atoms with Crippen molar-refractivity contribution < 1.29 is 18.7 Å². The Morgan fingerprint density at radius 3 is 2.77 bits per heavy atom. The van der Waals surface area contributed by atoms with Gasteiger partial charge < -0.3 is 15.0 Å². The van der Waals surface area contributed by atoms with E-state index in [0.717, 1.165) is 0 Å². The van der Waals surface area contributed by atoms with Crippen LogP contribution in [0, 0.1) is 11.7 Å². The Bertz CT molecular complexity index is 633. The van der Waals surface area contributed by atoms with Crippen LogP contribution in [0.3, 0.4) is 0 Å². The van der Waals surface area contributed by atoms with E-state index in [1.54, 1.807) is 28.8 Å². The smallest absolute Gasteiger partial charge is 0.410 e. The second-order valence-electron chi connectivity index (χ2n) is 7.35. The third kappa shape index (κ3) is 6.52. The lowest BCUT2D eigenvalue weighted by Crippen LogP contribution is -2.38. The number of halogens is 1. The molecular weight excluding hydrogens is 355 g/mol. The highest BCUT2D eigenvalue weighted by Gasteiger charge is 2.33. The van der Waals surface area contributed by atoms with E-state index in [4.69, 9.17) is 4.74 Å². The van der Waals surface area contributed by atoms with Crippen LogP contribution in [0.4, 0.5) is 9.18 Å². The number of nitrogens with one attached hydrogen (secondary N) is 1. The van der Waals surface area contributed by atoms with Crippen molar-refractivity contribution in [2.45, 2.75) is 38.5 Å². The topological polar surface area (TPSA) is 58.6 Å². The number of thioether (sulfide) groups is 1. The van der Waals surface area contributed by atoms with Crippen molar-refractivity contribution in [3.63, 3.8) is 0 Å². The highest BCUT2D eigenvalue weighted by Crippen LogP contribution is 2.20. The van der Waals surface area contributed by atoms with Gasteiger partial charge in [-0.05, 0) is 38.8 Å². The fourth-order valence-electron chi connectivity index (χ4n) is 2.65. The number of hydrogen-bond acceptors (Lipinski definition) is 4. The summed E-state index contributed by atoms with van der Waals surface area (Å²) in [5.74, 6) is 0.861. The second kappa shape index (κ2) is 9.26. The molecule has 1 N–H and O–H groups in total. The number of benzene rings is 1. The van der Waals surface area contributed by atoms with Crippen LogP contribution < -0.4 is 5.32 Å². The van der Waals surface area contributed by atoms with E-state index in [0.29, 0.717) is 43.1 Å². The minimum Gasteiger partial charge on any atom is -0.444 e. The molecule has 0 radical (unpaired) electrons.